The van der Waals surface area contributed by atoms with Gasteiger partial charge in [0.25, 0.3) is 0 Å². The fraction of sp³-hybridized carbons (Fsp3) is 0.767. The fourth-order valence-corrected chi connectivity index (χ4v) is 13.2. The average Bonchev–Trinajstić information content (AvgIpc) is 3.84. The lowest BCUT2D eigenvalue weighted by molar-refractivity contribution is -0.351. The maximum Gasteiger partial charge on any atom is 0.331 e. The Morgan fingerprint density at radius 3 is 2.50 bits per heavy atom. The molecule has 6 aliphatic rings. The molecular formula is C43H64N2O7. The van der Waals surface area contributed by atoms with Gasteiger partial charge in [0.05, 0.1) is 23.2 Å². The predicted molar refractivity (Wildman–Crippen MR) is 198 cm³/mol. The zero-order valence-electron chi connectivity index (χ0n) is 32.0. The van der Waals surface area contributed by atoms with Gasteiger partial charge >= 0.3 is 11.9 Å². The van der Waals surface area contributed by atoms with Gasteiger partial charge in [-0.15, -0.1) is 0 Å². The minimum atomic E-state index is -1.53. The van der Waals surface area contributed by atoms with E-state index >= 15 is 0 Å². The summed E-state index contributed by atoms with van der Waals surface area (Å²) in [4.78, 5) is 25.3. The van der Waals surface area contributed by atoms with E-state index in [0.717, 1.165) is 44.1 Å². The number of fused-ring (bicyclic) bond motifs is 2. The predicted octanol–water partition coefficient (Wildman–Crippen LogP) is 6.29. The van der Waals surface area contributed by atoms with Gasteiger partial charge in [0, 0.05) is 31.4 Å². The summed E-state index contributed by atoms with van der Waals surface area (Å²) >= 11 is 0. The number of hydrogen-bond acceptors (Lipinski definition) is 9. The van der Waals surface area contributed by atoms with E-state index in [4.69, 9.17) is 9.47 Å². The Labute approximate surface area is 310 Å². The number of carbonyl (C=O) groups is 2. The number of aliphatic hydroxyl groups is 3. The number of benzene rings is 1. The zero-order chi connectivity index (χ0) is 36.9. The first-order valence-corrected chi connectivity index (χ1v) is 20.5. The van der Waals surface area contributed by atoms with Crippen LogP contribution in [0.2, 0.25) is 0 Å². The van der Waals surface area contributed by atoms with E-state index in [-0.39, 0.29) is 36.4 Å². The van der Waals surface area contributed by atoms with Crippen LogP contribution in [0.4, 0.5) is 0 Å². The molecule has 0 bridgehead atoms. The van der Waals surface area contributed by atoms with Crippen LogP contribution in [0.5, 0.6) is 0 Å². The number of esters is 2. The van der Waals surface area contributed by atoms with Crippen molar-refractivity contribution in [1.82, 2.24) is 10.9 Å². The van der Waals surface area contributed by atoms with Gasteiger partial charge in [0.2, 0.25) is 0 Å². The quantitative estimate of drug-likeness (QED) is 0.158. The van der Waals surface area contributed by atoms with Crippen molar-refractivity contribution in [2.24, 2.45) is 39.9 Å². The Morgan fingerprint density at radius 1 is 1.06 bits per heavy atom. The third kappa shape index (κ3) is 6.38. The monoisotopic (exact) mass is 720 g/mol. The van der Waals surface area contributed by atoms with Crippen molar-refractivity contribution in [1.29, 1.82) is 0 Å². The molecule has 0 aromatic heterocycles. The SMILES string of the molecule is CC(=O)OC12CC(C)C(O)(CCC3=CC(=O)OC3)C3(C(O)CCC(C)CCCc4ccccc4)C(O)CCC(C)(C4CC5(CCCC5)CC4NN1)C23. The molecule has 4 saturated carbocycles. The molecule has 11 atom stereocenters. The van der Waals surface area contributed by atoms with Crippen LogP contribution in [0.25, 0.3) is 0 Å². The van der Waals surface area contributed by atoms with Gasteiger partial charge < -0.3 is 24.8 Å². The summed E-state index contributed by atoms with van der Waals surface area (Å²) in [7, 11) is 0. The van der Waals surface area contributed by atoms with Crippen molar-refractivity contribution in [2.45, 2.75) is 160 Å². The van der Waals surface area contributed by atoms with E-state index in [1.807, 2.05) is 13.0 Å². The molecule has 2 heterocycles. The number of hydrogen-bond donors (Lipinski definition) is 5. The summed E-state index contributed by atoms with van der Waals surface area (Å²) in [6, 6.07) is 10.7. The van der Waals surface area contributed by atoms with E-state index in [1.54, 1.807) is 0 Å². The summed E-state index contributed by atoms with van der Waals surface area (Å²) < 4.78 is 11.8. The summed E-state index contributed by atoms with van der Waals surface area (Å²) in [6.45, 7) is 8.17. The summed E-state index contributed by atoms with van der Waals surface area (Å²) in [6.07, 6.45) is 12.8. The molecule has 0 amide bonds. The van der Waals surface area contributed by atoms with E-state index in [1.165, 1.54) is 44.2 Å². The van der Waals surface area contributed by atoms with Gasteiger partial charge in [-0.05, 0) is 117 Å². The third-order valence-corrected chi connectivity index (χ3v) is 15.4. The zero-order valence-corrected chi connectivity index (χ0v) is 32.0. The Morgan fingerprint density at radius 2 is 1.81 bits per heavy atom. The van der Waals surface area contributed by atoms with Crippen molar-refractivity contribution in [3.63, 3.8) is 0 Å². The minimum absolute atomic E-state index is 0.145. The smallest absolute Gasteiger partial charge is 0.331 e. The Balaban J connectivity index is 1.28. The van der Waals surface area contributed by atoms with Crippen LogP contribution in [-0.4, -0.2) is 63.4 Å². The molecule has 4 aliphatic carbocycles. The Kier molecular flexibility index (Phi) is 10.5. The number of carbonyl (C=O) groups excluding carboxylic acids is 2. The van der Waals surface area contributed by atoms with E-state index in [2.05, 4.69) is 49.0 Å². The summed E-state index contributed by atoms with van der Waals surface area (Å²) in [5.41, 5.74) is 5.09. The first-order chi connectivity index (χ1) is 24.8. The maximum atomic E-state index is 13.6. The van der Waals surface area contributed by atoms with Crippen molar-refractivity contribution in [2.75, 3.05) is 6.61 Å². The van der Waals surface area contributed by atoms with E-state index < -0.39 is 52.2 Å². The van der Waals surface area contributed by atoms with Crippen LogP contribution >= 0.6 is 0 Å². The van der Waals surface area contributed by atoms with Crippen molar-refractivity contribution < 1.29 is 34.4 Å². The molecule has 2 aliphatic heterocycles. The number of aliphatic hydroxyl groups excluding tert-OH is 2. The molecule has 11 unspecified atom stereocenters. The lowest BCUT2D eigenvalue weighted by atomic mass is 9.36. The van der Waals surface area contributed by atoms with Gasteiger partial charge in [0.15, 0.2) is 5.72 Å². The normalized spacial score (nSPS) is 40.3. The standard InChI is InChI=1S/C43H64N2O7/c1-28(11-10-14-31-12-6-5-7-13-31)15-16-35(47)43-36(48)18-21-39(4)33-25-40(19-8-9-20-40)26-34(33)44-45-42(38(39)43,52-30(3)46)24-29(2)41(43,50)22-17-32-23-37(49)51-27-32/h5-7,12-13,23,28-29,33-36,38,44-45,47-48,50H,8-11,14-22,24-27H2,1-4H3. The molecule has 0 radical (unpaired) electrons. The highest BCUT2D eigenvalue weighted by atomic mass is 16.6. The molecular weight excluding hydrogens is 656 g/mol. The first kappa shape index (κ1) is 38.0. The number of ether oxygens (including phenoxy) is 2. The van der Waals surface area contributed by atoms with Gasteiger partial charge in [-0.1, -0.05) is 70.4 Å². The van der Waals surface area contributed by atoms with Crippen molar-refractivity contribution in [3.05, 3.63) is 47.5 Å². The third-order valence-electron chi connectivity index (χ3n) is 15.4. The Bertz CT molecular complexity index is 1500. The van der Waals surface area contributed by atoms with Crippen LogP contribution in [0.3, 0.4) is 0 Å². The number of hydrazine groups is 1. The van der Waals surface area contributed by atoms with Gasteiger partial charge in [-0.3, -0.25) is 10.2 Å². The minimum Gasteiger partial charge on any atom is -0.458 e. The highest BCUT2D eigenvalue weighted by molar-refractivity contribution is 5.85. The number of nitrogens with one attached hydrogen (secondary N) is 2. The van der Waals surface area contributed by atoms with Crippen LogP contribution < -0.4 is 10.9 Å². The molecule has 9 nitrogen and oxygen atoms in total. The first-order valence-electron chi connectivity index (χ1n) is 20.5. The number of rotatable bonds is 12. The molecule has 9 heteroatoms. The van der Waals surface area contributed by atoms with Gasteiger partial charge in [-0.2, -0.15) is 0 Å². The van der Waals surface area contributed by atoms with Crippen molar-refractivity contribution in [3.8, 4) is 0 Å². The lowest BCUT2D eigenvalue weighted by Gasteiger charge is -2.71. The van der Waals surface area contributed by atoms with E-state index in [9.17, 15) is 24.9 Å². The molecule has 1 aromatic carbocycles. The van der Waals surface area contributed by atoms with Crippen LogP contribution in [0.1, 0.15) is 130 Å². The Hall–Kier alpha value is -2.30. The molecule has 288 valence electrons. The van der Waals surface area contributed by atoms with Gasteiger partial charge in [0.1, 0.15) is 6.61 Å². The molecule has 1 spiro atoms. The second kappa shape index (κ2) is 14.4. The highest BCUT2D eigenvalue weighted by Gasteiger charge is 2.80. The second-order valence-corrected chi connectivity index (χ2v) is 18.5. The summed E-state index contributed by atoms with van der Waals surface area (Å²) in [5.74, 6) is -1.31. The van der Waals surface area contributed by atoms with Gasteiger partial charge in [-0.25, -0.2) is 10.2 Å². The van der Waals surface area contributed by atoms with E-state index in [0.29, 0.717) is 38.0 Å². The molecule has 1 aromatic rings. The second-order valence-electron chi connectivity index (χ2n) is 18.5. The molecule has 5 fully saturated rings. The average molecular weight is 721 g/mol. The number of cyclic esters (lactones) is 1. The molecule has 5 N–H and O–H groups in total. The lowest BCUT2D eigenvalue weighted by Crippen LogP contribution is -2.81. The molecule has 1 saturated heterocycles. The largest absolute Gasteiger partial charge is 0.458 e. The summed E-state index contributed by atoms with van der Waals surface area (Å²) in [5, 5.41) is 39.3. The maximum absolute atomic E-state index is 13.6. The van der Waals surface area contributed by atoms with Crippen LogP contribution in [0.15, 0.2) is 42.0 Å². The van der Waals surface area contributed by atoms with Crippen LogP contribution in [0, 0.1) is 39.9 Å². The fourth-order valence-electron chi connectivity index (χ4n) is 13.2. The molecule has 52 heavy (non-hydrogen) atoms. The van der Waals surface area contributed by atoms with Crippen LogP contribution in [-0.2, 0) is 25.5 Å². The topological polar surface area (TPSA) is 137 Å². The highest BCUT2D eigenvalue weighted by Crippen LogP contribution is 2.73. The molecule has 7 rings (SSSR count). The van der Waals surface area contributed by atoms with Crippen molar-refractivity contribution >= 4 is 11.9 Å². The number of aryl methyl sites for hydroxylation is 1.